The van der Waals surface area contributed by atoms with Gasteiger partial charge < -0.3 is 19.3 Å². The van der Waals surface area contributed by atoms with Crippen molar-refractivity contribution in [1.29, 1.82) is 0 Å². The van der Waals surface area contributed by atoms with E-state index in [9.17, 15) is 4.79 Å². The third-order valence-electron chi connectivity index (χ3n) is 4.15. The molecule has 0 aliphatic rings. The lowest BCUT2D eigenvalue weighted by Gasteiger charge is -2.22. The van der Waals surface area contributed by atoms with Crippen molar-refractivity contribution in [3.8, 4) is 17.2 Å². The molecule has 146 valence electrons. The van der Waals surface area contributed by atoms with Crippen LogP contribution in [0.3, 0.4) is 0 Å². The average molecular weight is 372 g/mol. The summed E-state index contributed by atoms with van der Waals surface area (Å²) in [4.78, 5) is 10.8. The second-order valence-corrected chi connectivity index (χ2v) is 7.32. The summed E-state index contributed by atoms with van der Waals surface area (Å²) in [7, 11) is 1.58. The van der Waals surface area contributed by atoms with Crippen LogP contribution in [-0.4, -0.2) is 31.4 Å². The molecule has 0 unspecified atom stereocenters. The molecule has 0 radical (unpaired) electrons. The number of hydrogen-bond acceptors (Lipinski definition) is 4. The zero-order valence-electron chi connectivity index (χ0n) is 16.5. The molecule has 5 heteroatoms. The van der Waals surface area contributed by atoms with Crippen LogP contribution in [0.15, 0.2) is 42.5 Å². The number of aliphatic carboxylic acids is 1. The molecule has 0 aliphatic heterocycles. The molecule has 1 N–H and O–H groups in total. The van der Waals surface area contributed by atoms with Crippen molar-refractivity contribution in [2.45, 2.75) is 39.0 Å². The normalized spacial score (nSPS) is 11.1. The molecule has 2 aromatic carbocycles. The van der Waals surface area contributed by atoms with Gasteiger partial charge in [-0.15, -0.1) is 0 Å². The number of hydrogen-bond donors (Lipinski definition) is 1. The highest BCUT2D eigenvalue weighted by Gasteiger charge is 2.18. The van der Waals surface area contributed by atoms with Crippen LogP contribution in [0.4, 0.5) is 0 Å². The van der Waals surface area contributed by atoms with Gasteiger partial charge in [-0.05, 0) is 41.2 Å². The quantitative estimate of drug-likeness (QED) is 0.658. The largest absolute Gasteiger partial charge is 0.493 e. The van der Waals surface area contributed by atoms with Crippen LogP contribution >= 0.6 is 0 Å². The Morgan fingerprint density at radius 2 is 1.63 bits per heavy atom. The van der Waals surface area contributed by atoms with Crippen molar-refractivity contribution in [2.24, 2.45) is 0 Å². The van der Waals surface area contributed by atoms with Crippen LogP contribution in [0.2, 0.25) is 0 Å². The van der Waals surface area contributed by atoms with Crippen molar-refractivity contribution in [3.63, 3.8) is 0 Å². The standard InChI is InChI=1S/C22H28O5/c1-22(2,3)17-7-5-6-8-18(17)26-13-14-27-20-15-16(10-12-21(23)24)9-11-19(20)25-4/h5-9,11,15H,10,12-14H2,1-4H3,(H,23,24). The van der Waals surface area contributed by atoms with Crippen molar-refractivity contribution in [2.75, 3.05) is 20.3 Å². The van der Waals surface area contributed by atoms with Crippen LogP contribution in [0.25, 0.3) is 0 Å². The van der Waals surface area contributed by atoms with E-state index >= 15 is 0 Å². The smallest absolute Gasteiger partial charge is 0.303 e. The summed E-state index contributed by atoms with van der Waals surface area (Å²) < 4.78 is 17.1. The van der Waals surface area contributed by atoms with Gasteiger partial charge in [-0.3, -0.25) is 4.79 Å². The predicted molar refractivity (Wildman–Crippen MR) is 105 cm³/mol. The van der Waals surface area contributed by atoms with Gasteiger partial charge in [0, 0.05) is 6.42 Å². The van der Waals surface area contributed by atoms with Crippen LogP contribution in [0.5, 0.6) is 17.2 Å². The van der Waals surface area contributed by atoms with Gasteiger partial charge in [0.25, 0.3) is 0 Å². The number of rotatable bonds is 9. The Kier molecular flexibility index (Phi) is 7.11. The van der Waals surface area contributed by atoms with Gasteiger partial charge in [-0.25, -0.2) is 0 Å². The lowest BCUT2D eigenvalue weighted by Crippen LogP contribution is -2.16. The molecule has 0 saturated heterocycles. The fourth-order valence-corrected chi connectivity index (χ4v) is 2.76. The predicted octanol–water partition coefficient (Wildman–Crippen LogP) is 4.47. The molecule has 2 aromatic rings. The van der Waals surface area contributed by atoms with Crippen molar-refractivity contribution < 1.29 is 24.1 Å². The van der Waals surface area contributed by atoms with Gasteiger partial charge in [-0.1, -0.05) is 45.0 Å². The summed E-state index contributed by atoms with van der Waals surface area (Å²) in [6.07, 6.45) is 0.531. The number of carboxylic acids is 1. The van der Waals surface area contributed by atoms with Gasteiger partial charge in [0.15, 0.2) is 11.5 Å². The average Bonchev–Trinajstić information content (AvgIpc) is 2.63. The third-order valence-corrected chi connectivity index (χ3v) is 4.15. The monoisotopic (exact) mass is 372 g/mol. The first kappa shape index (κ1) is 20.6. The first-order valence-corrected chi connectivity index (χ1v) is 9.05. The fourth-order valence-electron chi connectivity index (χ4n) is 2.76. The number of carboxylic acid groups (broad SMARTS) is 1. The topological polar surface area (TPSA) is 65.0 Å². The van der Waals surface area contributed by atoms with Crippen molar-refractivity contribution in [1.82, 2.24) is 0 Å². The molecule has 0 atom stereocenters. The lowest BCUT2D eigenvalue weighted by atomic mass is 9.86. The number of benzene rings is 2. The van der Waals surface area contributed by atoms with E-state index in [-0.39, 0.29) is 11.8 Å². The van der Waals surface area contributed by atoms with E-state index in [1.807, 2.05) is 30.3 Å². The highest BCUT2D eigenvalue weighted by atomic mass is 16.5. The molecule has 0 heterocycles. The molecule has 5 nitrogen and oxygen atoms in total. The van der Waals surface area contributed by atoms with Gasteiger partial charge >= 0.3 is 5.97 Å². The van der Waals surface area contributed by atoms with Crippen molar-refractivity contribution in [3.05, 3.63) is 53.6 Å². The maximum atomic E-state index is 10.8. The van der Waals surface area contributed by atoms with E-state index < -0.39 is 5.97 Å². The molecule has 0 aliphatic carbocycles. The minimum atomic E-state index is -0.820. The number of methoxy groups -OCH3 is 1. The van der Waals surface area contributed by atoms with Crippen LogP contribution in [0.1, 0.15) is 38.3 Å². The second kappa shape index (κ2) is 9.31. The number of carbonyl (C=O) groups is 1. The molecule has 0 spiro atoms. The lowest BCUT2D eigenvalue weighted by molar-refractivity contribution is -0.136. The minimum absolute atomic E-state index is 0.000850. The molecule has 0 saturated carbocycles. The minimum Gasteiger partial charge on any atom is -0.493 e. The Labute approximate surface area is 160 Å². The summed E-state index contributed by atoms with van der Waals surface area (Å²) in [5, 5.41) is 8.83. The number of para-hydroxylation sites is 1. The summed E-state index contributed by atoms with van der Waals surface area (Å²) >= 11 is 0. The maximum absolute atomic E-state index is 10.8. The molecule has 0 aromatic heterocycles. The Morgan fingerprint density at radius 3 is 2.26 bits per heavy atom. The molecule has 0 fully saturated rings. The SMILES string of the molecule is COc1ccc(CCC(=O)O)cc1OCCOc1ccccc1C(C)(C)C. The number of aryl methyl sites for hydroxylation is 1. The van der Waals surface area contributed by atoms with Crippen molar-refractivity contribution >= 4 is 5.97 Å². The molecule has 2 rings (SSSR count). The fraction of sp³-hybridized carbons (Fsp3) is 0.409. The highest BCUT2D eigenvalue weighted by Crippen LogP contribution is 2.31. The van der Waals surface area contributed by atoms with E-state index in [2.05, 4.69) is 26.8 Å². The second-order valence-electron chi connectivity index (χ2n) is 7.32. The third kappa shape index (κ3) is 6.20. The van der Waals surface area contributed by atoms with Gasteiger partial charge in [-0.2, -0.15) is 0 Å². The van der Waals surface area contributed by atoms with Crippen LogP contribution in [-0.2, 0) is 16.6 Å². The van der Waals surface area contributed by atoms with Gasteiger partial charge in [0.1, 0.15) is 19.0 Å². The Bertz CT molecular complexity index is 762. The van der Waals surface area contributed by atoms with E-state index in [0.29, 0.717) is 31.1 Å². The summed E-state index contributed by atoms with van der Waals surface area (Å²) in [6.45, 7) is 7.21. The highest BCUT2D eigenvalue weighted by molar-refractivity contribution is 5.67. The van der Waals surface area contributed by atoms with E-state index in [4.69, 9.17) is 19.3 Å². The first-order chi connectivity index (χ1) is 12.8. The summed E-state index contributed by atoms with van der Waals surface area (Å²) in [5.41, 5.74) is 2.05. The summed E-state index contributed by atoms with van der Waals surface area (Å²) in [6, 6.07) is 13.5. The zero-order chi connectivity index (χ0) is 19.9. The molecule has 0 bridgehead atoms. The summed E-state index contributed by atoms with van der Waals surface area (Å²) in [5.74, 6) is 1.24. The Balaban J connectivity index is 1.97. The molecular formula is C22H28O5. The van der Waals surface area contributed by atoms with Crippen LogP contribution < -0.4 is 14.2 Å². The Hall–Kier alpha value is -2.69. The van der Waals surface area contributed by atoms with E-state index in [1.54, 1.807) is 13.2 Å². The van der Waals surface area contributed by atoms with Gasteiger partial charge in [0.2, 0.25) is 0 Å². The Morgan fingerprint density at radius 1 is 0.963 bits per heavy atom. The number of ether oxygens (including phenoxy) is 3. The zero-order valence-corrected chi connectivity index (χ0v) is 16.5. The van der Waals surface area contributed by atoms with Crippen LogP contribution in [0, 0.1) is 0 Å². The van der Waals surface area contributed by atoms with E-state index in [0.717, 1.165) is 16.9 Å². The van der Waals surface area contributed by atoms with Gasteiger partial charge in [0.05, 0.1) is 7.11 Å². The molecule has 0 amide bonds. The first-order valence-electron chi connectivity index (χ1n) is 9.05. The van der Waals surface area contributed by atoms with E-state index in [1.165, 1.54) is 0 Å². The maximum Gasteiger partial charge on any atom is 0.303 e. The molecular weight excluding hydrogens is 344 g/mol. The molecule has 27 heavy (non-hydrogen) atoms.